The number of aromatic nitrogens is 3. The van der Waals surface area contributed by atoms with Crippen LogP contribution in [0, 0.1) is 6.92 Å². The van der Waals surface area contributed by atoms with E-state index in [2.05, 4.69) is 10.2 Å². The van der Waals surface area contributed by atoms with Crippen LogP contribution >= 0.6 is 11.8 Å². The van der Waals surface area contributed by atoms with Gasteiger partial charge in [-0.1, -0.05) is 18.6 Å². The van der Waals surface area contributed by atoms with Gasteiger partial charge >= 0.3 is 11.7 Å². The minimum Gasteiger partial charge on any atom is -0.478 e. The van der Waals surface area contributed by atoms with Gasteiger partial charge in [0.15, 0.2) is 5.16 Å². The molecule has 0 bridgehead atoms. The summed E-state index contributed by atoms with van der Waals surface area (Å²) in [6.45, 7) is 4.34. The summed E-state index contributed by atoms with van der Waals surface area (Å²) in [5.74, 6) is -0.990. The van der Waals surface area contributed by atoms with Crippen molar-refractivity contribution in [1.29, 1.82) is 0 Å². The summed E-state index contributed by atoms with van der Waals surface area (Å²) in [4.78, 5) is 23.4. The fourth-order valence-electron chi connectivity index (χ4n) is 1.80. The predicted molar refractivity (Wildman–Crippen MR) is 75.4 cm³/mol. The summed E-state index contributed by atoms with van der Waals surface area (Å²) in [6.07, 6.45) is 0.798. The van der Waals surface area contributed by atoms with E-state index in [0.717, 1.165) is 12.0 Å². The highest BCUT2D eigenvalue weighted by atomic mass is 32.2. The smallest absolute Gasteiger partial charge is 0.343 e. The summed E-state index contributed by atoms with van der Waals surface area (Å²) in [5, 5.41) is 16.1. The third-order valence-corrected chi connectivity index (χ3v) is 3.81. The zero-order chi connectivity index (χ0) is 14.7. The number of carbonyl (C=O) groups is 1. The van der Waals surface area contributed by atoms with Gasteiger partial charge in [-0.15, -0.1) is 5.10 Å². The maximum Gasteiger partial charge on any atom is 0.343 e. The van der Waals surface area contributed by atoms with E-state index in [1.165, 1.54) is 16.3 Å². The SMILES string of the molecule is CCCn1c(Sc2ccc(C)cc2C(=O)O)n[nH]c1=O. The minimum absolute atomic E-state index is 0.216. The molecule has 2 rings (SSSR count). The third kappa shape index (κ3) is 2.93. The average Bonchev–Trinajstić information content (AvgIpc) is 2.74. The Morgan fingerprint density at radius 2 is 2.25 bits per heavy atom. The van der Waals surface area contributed by atoms with Crippen LogP contribution in [0.1, 0.15) is 29.3 Å². The summed E-state index contributed by atoms with van der Waals surface area (Å²) in [6, 6.07) is 5.18. The number of H-pyrrole nitrogens is 1. The fraction of sp³-hybridized carbons (Fsp3) is 0.308. The minimum atomic E-state index is -0.990. The molecule has 0 saturated carbocycles. The third-order valence-electron chi connectivity index (χ3n) is 2.74. The Labute approximate surface area is 119 Å². The van der Waals surface area contributed by atoms with Crippen molar-refractivity contribution in [3.63, 3.8) is 0 Å². The molecule has 2 N–H and O–H groups in total. The maximum absolute atomic E-state index is 11.6. The van der Waals surface area contributed by atoms with Crippen LogP contribution < -0.4 is 5.69 Å². The van der Waals surface area contributed by atoms with Crippen molar-refractivity contribution in [1.82, 2.24) is 14.8 Å². The van der Waals surface area contributed by atoms with Gasteiger partial charge in [0.1, 0.15) is 0 Å². The Balaban J connectivity index is 2.40. The molecule has 0 atom stereocenters. The summed E-state index contributed by atoms with van der Waals surface area (Å²) in [7, 11) is 0. The second-order valence-corrected chi connectivity index (χ2v) is 5.38. The number of hydrogen-bond donors (Lipinski definition) is 2. The van der Waals surface area contributed by atoms with E-state index in [1.54, 1.807) is 12.1 Å². The van der Waals surface area contributed by atoms with Crippen LogP contribution in [0.4, 0.5) is 0 Å². The van der Waals surface area contributed by atoms with Crippen LogP contribution in [0.15, 0.2) is 33.0 Å². The van der Waals surface area contributed by atoms with Crippen molar-refractivity contribution >= 4 is 17.7 Å². The molecule has 0 spiro atoms. The molecular formula is C13H15N3O3S. The van der Waals surface area contributed by atoms with Crippen molar-refractivity contribution in [2.45, 2.75) is 36.9 Å². The highest BCUT2D eigenvalue weighted by molar-refractivity contribution is 7.99. The summed E-state index contributed by atoms with van der Waals surface area (Å²) in [5.41, 5.74) is 0.812. The molecule has 0 unspecified atom stereocenters. The fourth-order valence-corrected chi connectivity index (χ4v) is 2.76. The van der Waals surface area contributed by atoms with Gasteiger partial charge < -0.3 is 5.11 Å². The van der Waals surface area contributed by atoms with Gasteiger partial charge in [-0.3, -0.25) is 4.57 Å². The van der Waals surface area contributed by atoms with E-state index in [0.29, 0.717) is 16.6 Å². The number of hydrogen-bond acceptors (Lipinski definition) is 4. The van der Waals surface area contributed by atoms with E-state index < -0.39 is 5.97 Å². The number of benzene rings is 1. The lowest BCUT2D eigenvalue weighted by Crippen LogP contribution is -2.17. The van der Waals surface area contributed by atoms with Crippen LogP contribution in [0.2, 0.25) is 0 Å². The number of carboxylic acid groups (broad SMARTS) is 1. The first-order chi connectivity index (χ1) is 9.52. The Hall–Kier alpha value is -2.02. The molecule has 1 heterocycles. The van der Waals surface area contributed by atoms with Crippen molar-refractivity contribution in [3.05, 3.63) is 39.8 Å². The first-order valence-corrected chi connectivity index (χ1v) is 7.01. The molecule has 106 valence electrons. The van der Waals surface area contributed by atoms with E-state index in [1.807, 2.05) is 19.9 Å². The molecule has 1 aromatic heterocycles. The molecule has 7 heteroatoms. The number of aryl methyl sites for hydroxylation is 1. The Bertz CT molecular complexity index is 690. The van der Waals surface area contributed by atoms with Crippen LogP contribution in [0.5, 0.6) is 0 Å². The molecule has 0 fully saturated rings. The Morgan fingerprint density at radius 1 is 1.50 bits per heavy atom. The molecule has 0 saturated heterocycles. The Kier molecular flexibility index (Phi) is 4.29. The highest BCUT2D eigenvalue weighted by Crippen LogP contribution is 2.29. The zero-order valence-electron chi connectivity index (χ0n) is 11.2. The van der Waals surface area contributed by atoms with Crippen LogP contribution in [0.25, 0.3) is 0 Å². The summed E-state index contributed by atoms with van der Waals surface area (Å²) >= 11 is 1.18. The molecule has 6 nitrogen and oxygen atoms in total. The highest BCUT2D eigenvalue weighted by Gasteiger charge is 2.15. The molecule has 0 aliphatic carbocycles. The number of carboxylic acids is 1. The lowest BCUT2D eigenvalue weighted by atomic mass is 10.1. The van der Waals surface area contributed by atoms with Crippen molar-refractivity contribution in [3.8, 4) is 0 Å². The summed E-state index contributed by atoms with van der Waals surface area (Å²) < 4.78 is 1.51. The molecule has 0 amide bonds. The quantitative estimate of drug-likeness (QED) is 0.881. The van der Waals surface area contributed by atoms with Gasteiger partial charge in [-0.25, -0.2) is 14.7 Å². The monoisotopic (exact) mass is 293 g/mol. The topological polar surface area (TPSA) is 88.0 Å². The van der Waals surface area contributed by atoms with Crippen molar-refractivity contribution in [2.75, 3.05) is 0 Å². The van der Waals surface area contributed by atoms with Gasteiger partial charge in [0, 0.05) is 11.4 Å². The normalized spacial score (nSPS) is 10.7. The van der Waals surface area contributed by atoms with Crippen molar-refractivity contribution < 1.29 is 9.90 Å². The van der Waals surface area contributed by atoms with Gasteiger partial charge in [0.25, 0.3) is 0 Å². The molecule has 1 aromatic carbocycles. The molecule has 0 aliphatic rings. The largest absolute Gasteiger partial charge is 0.478 e. The molecule has 0 radical (unpaired) electrons. The standard InChI is InChI=1S/C13H15N3O3S/c1-3-6-16-12(19)14-15-13(16)20-10-5-4-8(2)7-9(10)11(17)18/h4-5,7H,3,6H2,1-2H3,(H,14,19)(H,17,18). The van der Waals surface area contributed by atoms with Gasteiger partial charge in [0.2, 0.25) is 0 Å². The van der Waals surface area contributed by atoms with Gasteiger partial charge in [-0.05, 0) is 37.2 Å². The second-order valence-electron chi connectivity index (χ2n) is 4.37. The molecular weight excluding hydrogens is 278 g/mol. The van der Waals surface area contributed by atoms with Crippen LogP contribution in [-0.2, 0) is 6.54 Å². The van der Waals surface area contributed by atoms with Gasteiger partial charge in [-0.2, -0.15) is 0 Å². The number of nitrogens with zero attached hydrogens (tertiary/aromatic N) is 2. The van der Waals surface area contributed by atoms with E-state index in [4.69, 9.17) is 0 Å². The van der Waals surface area contributed by atoms with Crippen molar-refractivity contribution in [2.24, 2.45) is 0 Å². The lowest BCUT2D eigenvalue weighted by Gasteiger charge is -2.07. The van der Waals surface area contributed by atoms with E-state index >= 15 is 0 Å². The van der Waals surface area contributed by atoms with Gasteiger partial charge in [0.05, 0.1) is 5.56 Å². The first-order valence-electron chi connectivity index (χ1n) is 6.20. The number of aromatic carboxylic acids is 1. The van der Waals surface area contributed by atoms with E-state index in [-0.39, 0.29) is 11.3 Å². The first kappa shape index (κ1) is 14.4. The lowest BCUT2D eigenvalue weighted by molar-refractivity contribution is 0.0693. The number of nitrogens with one attached hydrogen (secondary N) is 1. The van der Waals surface area contributed by atoms with E-state index in [9.17, 15) is 14.7 Å². The number of rotatable bonds is 5. The average molecular weight is 293 g/mol. The molecule has 2 aromatic rings. The second kappa shape index (κ2) is 5.96. The number of aromatic amines is 1. The Morgan fingerprint density at radius 3 is 2.90 bits per heavy atom. The predicted octanol–water partition coefficient (Wildman–Crippen LogP) is 2.14. The molecule has 20 heavy (non-hydrogen) atoms. The van der Waals surface area contributed by atoms with Crippen LogP contribution in [-0.4, -0.2) is 25.8 Å². The zero-order valence-corrected chi connectivity index (χ0v) is 12.0. The molecule has 0 aliphatic heterocycles. The maximum atomic E-state index is 11.6. The van der Waals surface area contributed by atoms with Crippen LogP contribution in [0.3, 0.4) is 0 Å².